The lowest BCUT2D eigenvalue weighted by atomic mass is 10.1. The first kappa shape index (κ1) is 17.0. The molecule has 0 aliphatic heterocycles. The van der Waals surface area contributed by atoms with Gasteiger partial charge in [0.2, 0.25) is 11.8 Å². The third-order valence-electron chi connectivity index (χ3n) is 3.00. The molecule has 0 aliphatic rings. The zero-order chi connectivity index (χ0) is 15.8. The van der Waals surface area contributed by atoms with E-state index in [0.717, 1.165) is 5.56 Å². The summed E-state index contributed by atoms with van der Waals surface area (Å²) in [5.74, 6) is -0.578. The van der Waals surface area contributed by atoms with Gasteiger partial charge in [-0.1, -0.05) is 19.1 Å². The van der Waals surface area contributed by atoms with E-state index in [1.54, 1.807) is 19.2 Å². The number of nitrogens with two attached hydrogens (primary N) is 2. The van der Waals surface area contributed by atoms with Crippen molar-refractivity contribution < 1.29 is 14.3 Å². The summed E-state index contributed by atoms with van der Waals surface area (Å²) in [7, 11) is 1.59. The Bertz CT molecular complexity index is 491. The van der Waals surface area contributed by atoms with E-state index in [0.29, 0.717) is 25.3 Å². The molecule has 0 radical (unpaired) electrons. The van der Waals surface area contributed by atoms with E-state index in [1.807, 2.05) is 19.1 Å². The number of ether oxygens (including phenoxy) is 1. The second kappa shape index (κ2) is 8.26. The molecule has 6 heteroatoms. The second-order valence-corrected chi connectivity index (χ2v) is 5.23. The predicted molar refractivity (Wildman–Crippen MR) is 81.1 cm³/mol. The minimum Gasteiger partial charge on any atom is -0.399 e. The first-order valence-electron chi connectivity index (χ1n) is 6.81. The molecule has 1 aromatic rings. The van der Waals surface area contributed by atoms with Crippen molar-refractivity contribution >= 4 is 17.5 Å². The highest BCUT2D eigenvalue weighted by molar-refractivity contribution is 5.83. The lowest BCUT2D eigenvalue weighted by molar-refractivity contribution is -0.136. The summed E-state index contributed by atoms with van der Waals surface area (Å²) in [6, 6.07) is 7.21. The van der Waals surface area contributed by atoms with E-state index in [4.69, 9.17) is 16.2 Å². The molecule has 0 heterocycles. The van der Waals surface area contributed by atoms with Gasteiger partial charge in [-0.25, -0.2) is 0 Å². The van der Waals surface area contributed by atoms with Crippen molar-refractivity contribution in [3.8, 4) is 0 Å². The molecule has 0 saturated carbocycles. The number of carbonyl (C=O) groups excluding carboxylic acids is 2. The lowest BCUT2D eigenvalue weighted by Crippen LogP contribution is -2.38. The molecule has 1 rings (SSSR count). The van der Waals surface area contributed by atoms with Crippen LogP contribution in [-0.2, 0) is 20.9 Å². The fourth-order valence-electron chi connectivity index (χ4n) is 2.10. The first-order valence-corrected chi connectivity index (χ1v) is 6.81. The van der Waals surface area contributed by atoms with E-state index >= 15 is 0 Å². The maximum atomic E-state index is 12.3. The van der Waals surface area contributed by atoms with Crippen LogP contribution in [0, 0.1) is 5.92 Å². The van der Waals surface area contributed by atoms with Gasteiger partial charge in [0.05, 0.1) is 6.54 Å². The third kappa shape index (κ3) is 6.27. The SMILES string of the molecule is COCC(C)CC(=O)N(CC(N)=O)Cc1cccc(N)c1. The smallest absolute Gasteiger partial charge is 0.237 e. The molecule has 2 amide bonds. The molecule has 0 bridgehead atoms. The van der Waals surface area contributed by atoms with Crippen LogP contribution in [-0.4, -0.2) is 37.0 Å². The number of hydrogen-bond acceptors (Lipinski definition) is 4. The van der Waals surface area contributed by atoms with Gasteiger partial charge in [-0.15, -0.1) is 0 Å². The van der Waals surface area contributed by atoms with Crippen LogP contribution in [0.3, 0.4) is 0 Å². The number of benzene rings is 1. The number of rotatable bonds is 8. The highest BCUT2D eigenvalue weighted by Gasteiger charge is 2.18. The van der Waals surface area contributed by atoms with Gasteiger partial charge in [0, 0.05) is 32.4 Å². The quantitative estimate of drug-likeness (QED) is 0.691. The molecule has 0 saturated heterocycles. The summed E-state index contributed by atoms with van der Waals surface area (Å²) in [5, 5.41) is 0. The summed E-state index contributed by atoms with van der Waals surface area (Å²) < 4.78 is 5.02. The third-order valence-corrected chi connectivity index (χ3v) is 3.00. The van der Waals surface area contributed by atoms with Crippen LogP contribution < -0.4 is 11.5 Å². The van der Waals surface area contributed by atoms with Gasteiger partial charge < -0.3 is 21.1 Å². The van der Waals surface area contributed by atoms with Crippen molar-refractivity contribution in [1.29, 1.82) is 0 Å². The Kier molecular flexibility index (Phi) is 6.68. The molecule has 21 heavy (non-hydrogen) atoms. The van der Waals surface area contributed by atoms with Crippen LogP contribution in [0.1, 0.15) is 18.9 Å². The van der Waals surface area contributed by atoms with Crippen molar-refractivity contribution in [3.05, 3.63) is 29.8 Å². The number of amides is 2. The summed E-state index contributed by atoms with van der Waals surface area (Å²) in [6.45, 7) is 2.62. The van der Waals surface area contributed by atoms with Crippen molar-refractivity contribution in [2.45, 2.75) is 19.9 Å². The number of carbonyl (C=O) groups is 2. The molecule has 0 fully saturated rings. The maximum absolute atomic E-state index is 12.3. The van der Waals surface area contributed by atoms with Crippen molar-refractivity contribution in [3.63, 3.8) is 0 Å². The summed E-state index contributed by atoms with van der Waals surface area (Å²) in [5.41, 5.74) is 12.4. The van der Waals surface area contributed by atoms with Gasteiger partial charge in [0.25, 0.3) is 0 Å². The van der Waals surface area contributed by atoms with Crippen LogP contribution >= 0.6 is 0 Å². The molecule has 0 aromatic heterocycles. The van der Waals surface area contributed by atoms with Gasteiger partial charge in [-0.3, -0.25) is 9.59 Å². The molecule has 116 valence electrons. The number of anilines is 1. The molecular weight excluding hydrogens is 270 g/mol. The van der Waals surface area contributed by atoms with Crippen molar-refractivity contribution in [2.75, 3.05) is 26.0 Å². The summed E-state index contributed by atoms with van der Waals surface area (Å²) >= 11 is 0. The van der Waals surface area contributed by atoms with E-state index in [2.05, 4.69) is 0 Å². The minimum absolute atomic E-state index is 0.0821. The fraction of sp³-hybridized carbons (Fsp3) is 0.467. The minimum atomic E-state index is -0.536. The number of nitrogen functional groups attached to an aromatic ring is 1. The van der Waals surface area contributed by atoms with Gasteiger partial charge >= 0.3 is 0 Å². The van der Waals surface area contributed by atoms with Crippen molar-refractivity contribution in [2.24, 2.45) is 11.7 Å². The molecule has 6 nitrogen and oxygen atoms in total. The normalized spacial score (nSPS) is 11.9. The van der Waals surface area contributed by atoms with Crippen LogP contribution in [0.2, 0.25) is 0 Å². The van der Waals surface area contributed by atoms with Crippen LogP contribution in [0.25, 0.3) is 0 Å². The van der Waals surface area contributed by atoms with E-state index < -0.39 is 5.91 Å². The maximum Gasteiger partial charge on any atom is 0.237 e. The average molecular weight is 293 g/mol. The van der Waals surface area contributed by atoms with Crippen LogP contribution in [0.5, 0.6) is 0 Å². The zero-order valence-electron chi connectivity index (χ0n) is 12.5. The molecule has 1 aromatic carbocycles. The van der Waals surface area contributed by atoms with Gasteiger partial charge in [0.1, 0.15) is 0 Å². The Morgan fingerprint density at radius 2 is 2.10 bits per heavy atom. The Balaban J connectivity index is 2.75. The Morgan fingerprint density at radius 3 is 2.67 bits per heavy atom. The van der Waals surface area contributed by atoms with E-state index in [1.165, 1.54) is 4.90 Å². The Hall–Kier alpha value is -2.08. The highest BCUT2D eigenvalue weighted by atomic mass is 16.5. The fourth-order valence-corrected chi connectivity index (χ4v) is 2.10. The van der Waals surface area contributed by atoms with Gasteiger partial charge in [-0.2, -0.15) is 0 Å². The molecule has 1 atom stereocenters. The molecular formula is C15H23N3O3. The first-order chi connectivity index (χ1) is 9.92. The van der Waals surface area contributed by atoms with Gasteiger partial charge in [0.15, 0.2) is 0 Å². The van der Waals surface area contributed by atoms with Crippen LogP contribution in [0.4, 0.5) is 5.69 Å². The summed E-state index contributed by atoms with van der Waals surface area (Å²) in [4.78, 5) is 24.9. The topological polar surface area (TPSA) is 98.6 Å². The zero-order valence-corrected chi connectivity index (χ0v) is 12.5. The number of primary amides is 1. The molecule has 1 unspecified atom stereocenters. The summed E-state index contributed by atoms with van der Waals surface area (Å²) in [6.07, 6.45) is 0.309. The second-order valence-electron chi connectivity index (χ2n) is 5.23. The number of nitrogens with zero attached hydrogens (tertiary/aromatic N) is 1. The average Bonchev–Trinajstić information content (AvgIpc) is 2.37. The number of methoxy groups -OCH3 is 1. The van der Waals surface area contributed by atoms with Crippen LogP contribution in [0.15, 0.2) is 24.3 Å². The predicted octanol–water partition coefficient (Wildman–Crippen LogP) is 0.755. The Morgan fingerprint density at radius 1 is 1.38 bits per heavy atom. The number of hydrogen-bond donors (Lipinski definition) is 2. The van der Waals surface area contributed by atoms with Crippen molar-refractivity contribution in [1.82, 2.24) is 4.90 Å². The van der Waals surface area contributed by atoms with E-state index in [-0.39, 0.29) is 18.4 Å². The highest BCUT2D eigenvalue weighted by Crippen LogP contribution is 2.12. The van der Waals surface area contributed by atoms with E-state index in [9.17, 15) is 9.59 Å². The lowest BCUT2D eigenvalue weighted by Gasteiger charge is -2.23. The largest absolute Gasteiger partial charge is 0.399 e. The molecule has 4 N–H and O–H groups in total. The Labute approximate surface area is 125 Å². The standard InChI is InChI=1S/C15H23N3O3/c1-11(10-21-2)6-15(20)18(9-14(17)19)8-12-4-3-5-13(16)7-12/h3-5,7,11H,6,8-10,16H2,1-2H3,(H2,17,19). The monoisotopic (exact) mass is 293 g/mol. The van der Waals surface area contributed by atoms with Gasteiger partial charge in [-0.05, 0) is 23.6 Å². The molecule has 0 spiro atoms. The molecule has 0 aliphatic carbocycles.